The number of hydrogen-bond acceptors (Lipinski definition) is 5. The molecule has 6 heteroatoms. The van der Waals surface area contributed by atoms with Gasteiger partial charge in [-0.1, -0.05) is 6.92 Å². The summed E-state index contributed by atoms with van der Waals surface area (Å²) in [5, 5.41) is 0. The fourth-order valence-corrected chi connectivity index (χ4v) is 4.68. The number of aryl methyl sites for hydroxylation is 2. The molecule has 0 unspecified atom stereocenters. The highest BCUT2D eigenvalue weighted by Crippen LogP contribution is 2.40. The van der Waals surface area contributed by atoms with E-state index in [1.54, 1.807) is 12.4 Å². The third-order valence-electron chi connectivity index (χ3n) is 6.17. The number of hydrogen-bond donors (Lipinski definition) is 0. The predicted molar refractivity (Wildman–Crippen MR) is 109 cm³/mol. The molecule has 2 fully saturated rings. The molecule has 2 aliphatic heterocycles. The fourth-order valence-electron chi connectivity index (χ4n) is 4.68. The van der Waals surface area contributed by atoms with E-state index >= 15 is 0 Å². The molecule has 2 aliphatic rings. The molecule has 148 valence electrons. The summed E-state index contributed by atoms with van der Waals surface area (Å²) in [6.07, 6.45) is 10.4. The fraction of sp³-hybridized carbons (Fsp3) is 0.545. The number of likely N-dealkylation sites (tertiary alicyclic amines) is 1. The van der Waals surface area contributed by atoms with Crippen LogP contribution < -0.4 is 4.90 Å². The highest BCUT2D eigenvalue weighted by molar-refractivity contribution is 5.77. The van der Waals surface area contributed by atoms with Gasteiger partial charge in [0.1, 0.15) is 11.6 Å². The number of amides is 1. The molecule has 0 aliphatic carbocycles. The second kappa shape index (κ2) is 7.86. The minimum Gasteiger partial charge on any atom is -0.356 e. The first-order valence-corrected chi connectivity index (χ1v) is 10.3. The molecular formula is C22H29N5O. The third-order valence-corrected chi connectivity index (χ3v) is 6.17. The Kier molecular flexibility index (Phi) is 5.29. The van der Waals surface area contributed by atoms with Crippen molar-refractivity contribution >= 4 is 11.7 Å². The summed E-state index contributed by atoms with van der Waals surface area (Å²) in [5.41, 5.74) is 2.51. The van der Waals surface area contributed by atoms with Crippen molar-refractivity contribution in [2.45, 2.75) is 52.5 Å². The minimum absolute atomic E-state index is 0.156. The number of rotatable bonds is 4. The van der Waals surface area contributed by atoms with Crippen LogP contribution in [-0.4, -0.2) is 45.4 Å². The van der Waals surface area contributed by atoms with Gasteiger partial charge in [0.2, 0.25) is 5.91 Å². The maximum Gasteiger partial charge on any atom is 0.222 e. The number of nitrogens with zero attached hydrogens (tertiary/aromatic N) is 5. The van der Waals surface area contributed by atoms with Gasteiger partial charge in [0.25, 0.3) is 0 Å². The molecule has 28 heavy (non-hydrogen) atoms. The van der Waals surface area contributed by atoms with Crippen LogP contribution >= 0.6 is 0 Å². The van der Waals surface area contributed by atoms with Gasteiger partial charge >= 0.3 is 0 Å². The molecule has 0 aromatic carbocycles. The molecule has 4 rings (SSSR count). The Balaban J connectivity index is 1.54. The van der Waals surface area contributed by atoms with E-state index in [9.17, 15) is 4.79 Å². The van der Waals surface area contributed by atoms with Crippen molar-refractivity contribution < 1.29 is 4.79 Å². The largest absolute Gasteiger partial charge is 0.356 e. The molecule has 6 nitrogen and oxygen atoms in total. The smallest absolute Gasteiger partial charge is 0.222 e. The second-order valence-electron chi connectivity index (χ2n) is 8.25. The van der Waals surface area contributed by atoms with E-state index in [1.165, 1.54) is 12.0 Å². The van der Waals surface area contributed by atoms with Crippen molar-refractivity contribution in [3.05, 3.63) is 47.7 Å². The Hall–Kier alpha value is -2.50. The van der Waals surface area contributed by atoms with Crippen LogP contribution in [0, 0.1) is 12.3 Å². The lowest BCUT2D eigenvalue weighted by Crippen LogP contribution is -2.54. The van der Waals surface area contributed by atoms with Crippen LogP contribution in [0.5, 0.6) is 0 Å². The monoisotopic (exact) mass is 379 g/mol. The van der Waals surface area contributed by atoms with Gasteiger partial charge in [0, 0.05) is 62.2 Å². The molecule has 0 N–H and O–H groups in total. The molecule has 1 amide bonds. The Labute approximate surface area is 167 Å². The van der Waals surface area contributed by atoms with Gasteiger partial charge in [-0.05, 0) is 50.3 Å². The zero-order valence-electron chi connectivity index (χ0n) is 16.9. The summed E-state index contributed by atoms with van der Waals surface area (Å²) in [6, 6.07) is 4.00. The molecule has 0 radical (unpaired) electrons. The average Bonchev–Trinajstić information content (AvgIpc) is 2.72. The van der Waals surface area contributed by atoms with Gasteiger partial charge in [0.15, 0.2) is 0 Å². The quantitative estimate of drug-likeness (QED) is 0.817. The lowest BCUT2D eigenvalue weighted by Gasteiger charge is -2.48. The molecule has 2 aromatic rings. The molecule has 1 atom stereocenters. The summed E-state index contributed by atoms with van der Waals surface area (Å²) < 4.78 is 0. The topological polar surface area (TPSA) is 62.2 Å². The highest BCUT2D eigenvalue weighted by atomic mass is 16.2. The van der Waals surface area contributed by atoms with Crippen LogP contribution in [0.4, 0.5) is 5.82 Å². The molecule has 2 saturated heterocycles. The van der Waals surface area contributed by atoms with E-state index < -0.39 is 0 Å². The summed E-state index contributed by atoms with van der Waals surface area (Å²) in [7, 11) is 0. The van der Waals surface area contributed by atoms with E-state index in [4.69, 9.17) is 4.98 Å². The van der Waals surface area contributed by atoms with Gasteiger partial charge in [-0.15, -0.1) is 0 Å². The lowest BCUT2D eigenvalue weighted by atomic mass is 9.73. The molecule has 0 bridgehead atoms. The van der Waals surface area contributed by atoms with E-state index in [0.717, 1.165) is 56.1 Å². The Morgan fingerprint density at radius 2 is 2.00 bits per heavy atom. The third kappa shape index (κ3) is 3.86. The maximum atomic E-state index is 12.6. The SMILES string of the molecule is CCc1cnc(C)nc1N1CCC[C@@]2(CCC(=O)N(Cc3ccncc3)C2)C1. The second-order valence-corrected chi connectivity index (χ2v) is 8.25. The van der Waals surface area contributed by atoms with Crippen LogP contribution in [0.3, 0.4) is 0 Å². The summed E-state index contributed by atoms with van der Waals surface area (Å²) in [5.74, 6) is 2.18. The van der Waals surface area contributed by atoms with Crippen molar-refractivity contribution in [1.29, 1.82) is 0 Å². The maximum absolute atomic E-state index is 12.6. The summed E-state index contributed by atoms with van der Waals surface area (Å²) in [6.45, 7) is 7.62. The Morgan fingerprint density at radius 3 is 2.79 bits per heavy atom. The first-order valence-electron chi connectivity index (χ1n) is 10.3. The van der Waals surface area contributed by atoms with Gasteiger partial charge in [0.05, 0.1) is 0 Å². The standard InChI is InChI=1S/C22H29N5O/c1-3-19-13-24-17(2)25-21(19)26-12-4-8-22(15-26)9-5-20(28)27(16-22)14-18-6-10-23-11-7-18/h6-7,10-11,13H,3-5,8-9,12,14-16H2,1-2H3/t22-/m1/s1. The average molecular weight is 380 g/mol. The molecular weight excluding hydrogens is 350 g/mol. The van der Waals surface area contributed by atoms with Crippen LogP contribution in [0.25, 0.3) is 0 Å². The summed E-state index contributed by atoms with van der Waals surface area (Å²) >= 11 is 0. The van der Waals surface area contributed by atoms with Crippen LogP contribution in [0.1, 0.15) is 49.6 Å². The zero-order chi connectivity index (χ0) is 19.6. The number of aromatic nitrogens is 3. The van der Waals surface area contributed by atoms with E-state index in [-0.39, 0.29) is 11.3 Å². The minimum atomic E-state index is 0.156. The van der Waals surface area contributed by atoms with E-state index in [0.29, 0.717) is 13.0 Å². The lowest BCUT2D eigenvalue weighted by molar-refractivity contribution is -0.138. The van der Waals surface area contributed by atoms with Crippen molar-refractivity contribution in [1.82, 2.24) is 19.9 Å². The number of pyridine rings is 1. The molecule has 1 spiro atoms. The van der Waals surface area contributed by atoms with Crippen LogP contribution in [0.2, 0.25) is 0 Å². The van der Waals surface area contributed by atoms with Crippen LogP contribution in [-0.2, 0) is 17.8 Å². The van der Waals surface area contributed by atoms with Gasteiger partial charge in [-0.2, -0.15) is 0 Å². The first kappa shape index (κ1) is 18.8. The predicted octanol–water partition coefficient (Wildman–Crippen LogP) is 3.15. The molecule has 2 aromatic heterocycles. The van der Waals surface area contributed by atoms with Crippen molar-refractivity contribution in [2.24, 2.45) is 5.41 Å². The van der Waals surface area contributed by atoms with E-state index in [1.807, 2.05) is 30.2 Å². The summed E-state index contributed by atoms with van der Waals surface area (Å²) in [4.78, 5) is 30.3. The number of piperidine rings is 2. The number of carbonyl (C=O) groups excluding carboxylic acids is 1. The van der Waals surface area contributed by atoms with Gasteiger partial charge in [-0.3, -0.25) is 9.78 Å². The van der Waals surface area contributed by atoms with Crippen molar-refractivity contribution in [3.8, 4) is 0 Å². The Bertz CT molecular complexity index is 840. The molecule has 0 saturated carbocycles. The number of anilines is 1. The number of carbonyl (C=O) groups is 1. The van der Waals surface area contributed by atoms with E-state index in [2.05, 4.69) is 21.8 Å². The van der Waals surface area contributed by atoms with Gasteiger partial charge in [-0.25, -0.2) is 9.97 Å². The normalized spacial score (nSPS) is 22.7. The zero-order valence-corrected chi connectivity index (χ0v) is 16.9. The molecule has 4 heterocycles. The highest BCUT2D eigenvalue weighted by Gasteiger charge is 2.42. The van der Waals surface area contributed by atoms with Gasteiger partial charge < -0.3 is 9.80 Å². The van der Waals surface area contributed by atoms with Crippen molar-refractivity contribution in [2.75, 3.05) is 24.5 Å². The first-order chi connectivity index (χ1) is 13.6. The van der Waals surface area contributed by atoms with Crippen molar-refractivity contribution in [3.63, 3.8) is 0 Å². The van der Waals surface area contributed by atoms with Crippen LogP contribution in [0.15, 0.2) is 30.7 Å². The Morgan fingerprint density at radius 1 is 1.18 bits per heavy atom.